The van der Waals surface area contributed by atoms with Crippen LogP contribution in [0.25, 0.3) is 0 Å². The van der Waals surface area contributed by atoms with Gasteiger partial charge in [0.25, 0.3) is 0 Å². The van der Waals surface area contributed by atoms with E-state index in [0.717, 1.165) is 18.5 Å². The molecular weight excluding hydrogens is 233 g/mol. The first kappa shape index (κ1) is 13.0. The molecule has 0 radical (unpaired) electrons. The fraction of sp³-hybridized carbons (Fsp3) is 0.444. The fourth-order valence-electron chi connectivity index (χ4n) is 1.00. The van der Waals surface area contributed by atoms with E-state index < -0.39 is 21.4 Å². The van der Waals surface area contributed by atoms with Crippen molar-refractivity contribution in [3.8, 4) is 0 Å². The van der Waals surface area contributed by atoms with Crippen molar-refractivity contribution in [1.29, 1.82) is 0 Å². The van der Waals surface area contributed by atoms with E-state index in [-0.39, 0.29) is 11.4 Å². The number of hydrogen-bond donors (Lipinski definition) is 2. The highest BCUT2D eigenvalue weighted by Gasteiger charge is 2.25. The number of halogens is 1. The monoisotopic (exact) mass is 247 g/mol. The molecule has 3 N–H and O–H groups in total. The number of hydrogen-bond acceptors (Lipinski definition) is 4. The number of aromatic nitrogens is 1. The molecule has 0 bridgehead atoms. The molecule has 0 unspecified atom stereocenters. The predicted octanol–water partition coefficient (Wildman–Crippen LogP) is 0.236. The van der Waals surface area contributed by atoms with Gasteiger partial charge in [0.15, 0.2) is 0 Å². The van der Waals surface area contributed by atoms with E-state index in [9.17, 15) is 12.8 Å². The van der Waals surface area contributed by atoms with Crippen molar-refractivity contribution in [2.75, 3.05) is 6.54 Å². The molecule has 1 rings (SSSR count). The van der Waals surface area contributed by atoms with E-state index in [1.54, 1.807) is 13.8 Å². The van der Waals surface area contributed by atoms with Crippen molar-refractivity contribution in [3.63, 3.8) is 0 Å². The maximum Gasteiger partial charge on any atom is 0.242 e. The van der Waals surface area contributed by atoms with Crippen LogP contribution in [0.1, 0.15) is 13.8 Å². The summed E-state index contributed by atoms with van der Waals surface area (Å²) in [4.78, 5) is 3.27. The van der Waals surface area contributed by atoms with Gasteiger partial charge in [0.05, 0.1) is 6.20 Å². The lowest BCUT2D eigenvalue weighted by molar-refractivity contribution is 0.462. The number of nitrogens with zero attached hydrogens (tertiary/aromatic N) is 1. The van der Waals surface area contributed by atoms with Crippen LogP contribution in [0.5, 0.6) is 0 Å². The second-order valence-corrected chi connectivity index (χ2v) is 5.71. The molecule has 0 fully saturated rings. The Morgan fingerprint density at radius 1 is 1.50 bits per heavy atom. The molecule has 0 saturated heterocycles. The molecule has 1 aromatic heterocycles. The summed E-state index contributed by atoms with van der Waals surface area (Å²) in [7, 11) is -3.79. The van der Waals surface area contributed by atoms with Gasteiger partial charge in [-0.15, -0.1) is 0 Å². The SMILES string of the molecule is CC(C)(CN)NS(=O)(=O)c1cncc(F)c1. The van der Waals surface area contributed by atoms with E-state index in [4.69, 9.17) is 5.73 Å². The number of sulfonamides is 1. The fourth-order valence-corrected chi connectivity index (χ4v) is 2.40. The molecule has 7 heteroatoms. The zero-order valence-electron chi connectivity index (χ0n) is 9.07. The molecule has 0 saturated carbocycles. The molecule has 0 aliphatic rings. The largest absolute Gasteiger partial charge is 0.329 e. The first-order valence-corrected chi connectivity index (χ1v) is 6.10. The minimum absolute atomic E-state index is 0.134. The second-order valence-electron chi connectivity index (χ2n) is 4.03. The molecule has 16 heavy (non-hydrogen) atoms. The average molecular weight is 247 g/mol. The van der Waals surface area contributed by atoms with Crippen molar-refractivity contribution in [3.05, 3.63) is 24.3 Å². The normalized spacial score (nSPS) is 12.8. The Morgan fingerprint density at radius 2 is 2.12 bits per heavy atom. The maximum atomic E-state index is 12.8. The average Bonchev–Trinajstić information content (AvgIpc) is 2.16. The van der Waals surface area contributed by atoms with Gasteiger partial charge in [-0.05, 0) is 19.9 Å². The van der Waals surface area contributed by atoms with Crippen molar-refractivity contribution in [2.24, 2.45) is 5.73 Å². The van der Waals surface area contributed by atoms with E-state index in [1.165, 1.54) is 0 Å². The number of nitrogens with two attached hydrogens (primary N) is 1. The molecule has 0 aliphatic heterocycles. The van der Waals surface area contributed by atoms with Crippen LogP contribution in [0, 0.1) is 5.82 Å². The van der Waals surface area contributed by atoms with Gasteiger partial charge < -0.3 is 5.73 Å². The van der Waals surface area contributed by atoms with Crippen LogP contribution in [-0.2, 0) is 10.0 Å². The Labute approximate surface area is 93.9 Å². The Morgan fingerprint density at radius 3 is 2.62 bits per heavy atom. The summed E-state index contributed by atoms with van der Waals surface area (Å²) >= 11 is 0. The maximum absolute atomic E-state index is 12.8. The molecule has 5 nitrogen and oxygen atoms in total. The quantitative estimate of drug-likeness (QED) is 0.798. The number of rotatable bonds is 4. The third-order valence-corrected chi connectivity index (χ3v) is 3.58. The van der Waals surface area contributed by atoms with Gasteiger partial charge in [0, 0.05) is 18.3 Å². The van der Waals surface area contributed by atoms with Gasteiger partial charge in [-0.3, -0.25) is 4.98 Å². The van der Waals surface area contributed by atoms with E-state index in [0.29, 0.717) is 0 Å². The first-order valence-electron chi connectivity index (χ1n) is 4.61. The topological polar surface area (TPSA) is 85.1 Å². The zero-order chi connectivity index (χ0) is 12.4. The summed E-state index contributed by atoms with van der Waals surface area (Å²) in [6.07, 6.45) is 2.02. The number of pyridine rings is 1. The smallest absolute Gasteiger partial charge is 0.242 e. The highest BCUT2D eigenvalue weighted by Crippen LogP contribution is 2.12. The van der Waals surface area contributed by atoms with E-state index in [1.807, 2.05) is 0 Å². The van der Waals surface area contributed by atoms with Crippen molar-refractivity contribution in [1.82, 2.24) is 9.71 Å². The van der Waals surface area contributed by atoms with Crippen molar-refractivity contribution in [2.45, 2.75) is 24.3 Å². The van der Waals surface area contributed by atoms with Gasteiger partial charge in [0.2, 0.25) is 10.0 Å². The van der Waals surface area contributed by atoms with Crippen molar-refractivity contribution < 1.29 is 12.8 Å². The first-order chi connectivity index (χ1) is 7.27. The van der Waals surface area contributed by atoms with Gasteiger partial charge in [-0.2, -0.15) is 0 Å². The second kappa shape index (κ2) is 4.44. The van der Waals surface area contributed by atoms with Crippen LogP contribution >= 0.6 is 0 Å². The van der Waals surface area contributed by atoms with Crippen LogP contribution < -0.4 is 10.5 Å². The highest BCUT2D eigenvalue weighted by atomic mass is 32.2. The summed E-state index contributed by atoms with van der Waals surface area (Å²) < 4.78 is 38.8. The summed E-state index contributed by atoms with van der Waals surface area (Å²) in [5.74, 6) is -0.701. The summed E-state index contributed by atoms with van der Waals surface area (Å²) in [6.45, 7) is 3.41. The standard InChI is InChI=1S/C9H14FN3O2S/c1-9(2,6-11)13-16(14,15)8-3-7(10)4-12-5-8/h3-5,13H,6,11H2,1-2H3. The van der Waals surface area contributed by atoms with Crippen LogP contribution in [0.2, 0.25) is 0 Å². The third kappa shape index (κ3) is 3.22. The van der Waals surface area contributed by atoms with Crippen LogP contribution in [-0.4, -0.2) is 25.5 Å². The summed E-state index contributed by atoms with van der Waals surface area (Å²) in [5.41, 5.74) is 4.62. The van der Waals surface area contributed by atoms with Crippen molar-refractivity contribution >= 4 is 10.0 Å². The molecule has 1 aromatic rings. The van der Waals surface area contributed by atoms with Crippen LogP contribution in [0.4, 0.5) is 4.39 Å². The Balaban J connectivity index is 3.04. The Hall–Kier alpha value is -1.05. The van der Waals surface area contributed by atoms with E-state index >= 15 is 0 Å². The lowest BCUT2D eigenvalue weighted by Gasteiger charge is -2.23. The Kier molecular flexibility index (Phi) is 3.61. The van der Waals surface area contributed by atoms with Gasteiger partial charge >= 0.3 is 0 Å². The summed E-state index contributed by atoms with van der Waals surface area (Å²) in [6, 6.07) is 0.905. The lowest BCUT2D eigenvalue weighted by atomic mass is 10.1. The third-order valence-electron chi connectivity index (χ3n) is 1.91. The molecule has 0 spiro atoms. The van der Waals surface area contributed by atoms with E-state index in [2.05, 4.69) is 9.71 Å². The zero-order valence-corrected chi connectivity index (χ0v) is 9.88. The Bertz CT molecular complexity index is 473. The molecule has 0 atom stereocenters. The minimum atomic E-state index is -3.79. The predicted molar refractivity (Wildman–Crippen MR) is 57.6 cm³/mol. The minimum Gasteiger partial charge on any atom is -0.329 e. The number of nitrogens with one attached hydrogen (secondary N) is 1. The molecule has 0 aliphatic carbocycles. The van der Waals surface area contributed by atoms with Crippen LogP contribution in [0.15, 0.2) is 23.4 Å². The summed E-state index contributed by atoms with van der Waals surface area (Å²) in [5, 5.41) is 0. The molecule has 0 amide bonds. The van der Waals surface area contributed by atoms with Gasteiger partial charge in [-0.1, -0.05) is 0 Å². The van der Waals surface area contributed by atoms with Gasteiger partial charge in [0.1, 0.15) is 10.7 Å². The lowest BCUT2D eigenvalue weighted by Crippen LogP contribution is -2.48. The highest BCUT2D eigenvalue weighted by molar-refractivity contribution is 7.89. The molecule has 1 heterocycles. The molecule has 90 valence electrons. The molecule has 0 aromatic carbocycles. The van der Waals surface area contributed by atoms with Crippen LogP contribution in [0.3, 0.4) is 0 Å². The molecular formula is C9H14FN3O2S. The van der Waals surface area contributed by atoms with Gasteiger partial charge in [-0.25, -0.2) is 17.5 Å².